The van der Waals surface area contributed by atoms with Crippen molar-refractivity contribution in [3.63, 3.8) is 0 Å². The molecule has 0 saturated carbocycles. The fourth-order valence-corrected chi connectivity index (χ4v) is 4.91. The van der Waals surface area contributed by atoms with E-state index in [0.717, 1.165) is 48.6 Å². The molecule has 3 heterocycles. The van der Waals surface area contributed by atoms with E-state index in [1.807, 2.05) is 25.1 Å². The molecule has 1 aromatic carbocycles. The van der Waals surface area contributed by atoms with Crippen molar-refractivity contribution < 1.29 is 4.39 Å². The Morgan fingerprint density at radius 1 is 1.19 bits per heavy atom. The van der Waals surface area contributed by atoms with E-state index in [9.17, 15) is 4.39 Å². The van der Waals surface area contributed by atoms with Crippen LogP contribution in [-0.4, -0.2) is 39.2 Å². The van der Waals surface area contributed by atoms with E-state index < -0.39 is 0 Å². The molecule has 0 radical (unpaired) electrons. The van der Waals surface area contributed by atoms with Crippen LogP contribution in [0, 0.1) is 18.7 Å². The number of hydrogen-bond donors (Lipinski definition) is 2. The number of H-pyrrole nitrogens is 1. The zero-order valence-corrected chi connectivity index (χ0v) is 19.8. The van der Waals surface area contributed by atoms with Crippen LogP contribution >= 0.6 is 23.2 Å². The molecule has 2 atom stereocenters. The number of anilines is 2. The molecule has 1 aliphatic rings. The van der Waals surface area contributed by atoms with Crippen molar-refractivity contribution in [3.05, 3.63) is 69.2 Å². The number of hydrogen-bond acceptors (Lipinski definition) is 4. The minimum Gasteiger partial charge on any atom is -0.323 e. The summed E-state index contributed by atoms with van der Waals surface area (Å²) in [5, 5.41) is 11.6. The van der Waals surface area contributed by atoms with E-state index in [0.29, 0.717) is 40.7 Å². The number of aryl methyl sites for hydroxylation is 1. The van der Waals surface area contributed by atoms with Gasteiger partial charge in [0.2, 0.25) is 0 Å². The van der Waals surface area contributed by atoms with Crippen molar-refractivity contribution in [2.45, 2.75) is 45.6 Å². The topological polar surface area (TPSA) is 56.8 Å². The lowest BCUT2D eigenvalue weighted by molar-refractivity contribution is 0.123. The molecule has 0 amide bonds. The van der Waals surface area contributed by atoms with Gasteiger partial charge in [0.1, 0.15) is 11.6 Å². The van der Waals surface area contributed by atoms with E-state index in [-0.39, 0.29) is 5.82 Å². The first-order valence-corrected chi connectivity index (χ1v) is 11.8. The summed E-state index contributed by atoms with van der Waals surface area (Å²) >= 11 is 12.3. The molecule has 0 bridgehead atoms. The molecule has 1 aliphatic heterocycles. The van der Waals surface area contributed by atoms with E-state index in [1.165, 1.54) is 6.07 Å². The summed E-state index contributed by atoms with van der Waals surface area (Å²) in [5.41, 5.74) is 2.59. The minimum absolute atomic E-state index is 0.249. The van der Waals surface area contributed by atoms with E-state index >= 15 is 0 Å². The third-order valence-electron chi connectivity index (χ3n) is 6.17. The maximum absolute atomic E-state index is 14.5. The van der Waals surface area contributed by atoms with Crippen molar-refractivity contribution in [1.29, 1.82) is 0 Å². The predicted octanol–water partition coefficient (Wildman–Crippen LogP) is 6.19. The lowest BCUT2D eigenvalue weighted by atomic mass is 9.87. The van der Waals surface area contributed by atoms with E-state index in [2.05, 4.69) is 32.3 Å². The van der Waals surface area contributed by atoms with Gasteiger partial charge >= 0.3 is 0 Å². The highest BCUT2D eigenvalue weighted by Crippen LogP contribution is 2.28. The first-order valence-electron chi connectivity index (χ1n) is 11.0. The van der Waals surface area contributed by atoms with Gasteiger partial charge < -0.3 is 10.2 Å². The minimum atomic E-state index is -0.249. The van der Waals surface area contributed by atoms with Crippen LogP contribution in [0.25, 0.3) is 0 Å². The molecule has 1 saturated heterocycles. The van der Waals surface area contributed by atoms with Crippen LogP contribution in [0.1, 0.15) is 36.7 Å². The largest absolute Gasteiger partial charge is 0.323 e. The highest BCUT2D eigenvalue weighted by Gasteiger charge is 2.26. The van der Waals surface area contributed by atoms with Crippen LogP contribution in [0.5, 0.6) is 0 Å². The number of nitrogens with zero attached hydrogens (tertiary/aromatic N) is 3. The Balaban J connectivity index is 1.33. The van der Waals surface area contributed by atoms with Gasteiger partial charge in [0, 0.05) is 34.4 Å². The molecular formula is C24H28Cl2FN5. The van der Waals surface area contributed by atoms with Crippen molar-refractivity contribution in [2.24, 2.45) is 5.92 Å². The normalized spacial score (nSPS) is 19.3. The van der Waals surface area contributed by atoms with Crippen LogP contribution in [0.3, 0.4) is 0 Å². The summed E-state index contributed by atoms with van der Waals surface area (Å²) < 4.78 is 14.5. The van der Waals surface area contributed by atoms with Gasteiger partial charge in [-0.05, 0) is 81.8 Å². The number of aromatic nitrogens is 3. The highest BCUT2D eigenvalue weighted by molar-refractivity contribution is 6.35. The first-order chi connectivity index (χ1) is 15.4. The average molecular weight is 476 g/mol. The van der Waals surface area contributed by atoms with Gasteiger partial charge in [0.15, 0.2) is 5.82 Å². The Bertz CT molecular complexity index is 1070. The highest BCUT2D eigenvalue weighted by atomic mass is 35.5. The van der Waals surface area contributed by atoms with Gasteiger partial charge in [-0.3, -0.25) is 5.10 Å². The average Bonchev–Trinajstić information content (AvgIpc) is 3.15. The Morgan fingerprint density at radius 3 is 2.75 bits per heavy atom. The zero-order valence-electron chi connectivity index (χ0n) is 18.3. The molecule has 0 aliphatic carbocycles. The van der Waals surface area contributed by atoms with Crippen LogP contribution in [0.2, 0.25) is 10.0 Å². The third kappa shape index (κ3) is 5.80. The van der Waals surface area contributed by atoms with Crippen molar-refractivity contribution in [3.8, 4) is 0 Å². The Labute approximate surface area is 198 Å². The molecule has 5 nitrogen and oxygen atoms in total. The summed E-state index contributed by atoms with van der Waals surface area (Å²) in [6.45, 7) is 6.12. The fourth-order valence-electron chi connectivity index (χ4n) is 4.41. The number of halogens is 3. The number of nitrogens with one attached hydrogen (secondary N) is 2. The number of benzene rings is 1. The third-order valence-corrected chi connectivity index (χ3v) is 6.76. The number of piperidine rings is 1. The summed E-state index contributed by atoms with van der Waals surface area (Å²) in [7, 11) is 0. The standard InChI is InChI=1S/C24H28Cl2FN5/c1-15-11-24(31-30-15)29-23-6-5-21(27)22(28-23)13-17-7-9-32(16(2)12-17)10-8-18-3-4-19(25)14-20(18)26/h3-6,11,14,16-17H,7-10,12-13H2,1-2H3,(H2,28,29,30,31)/t16-,17-/m1/s1. The van der Waals surface area contributed by atoms with Crippen LogP contribution in [0.4, 0.5) is 16.0 Å². The van der Waals surface area contributed by atoms with Gasteiger partial charge in [-0.15, -0.1) is 0 Å². The monoisotopic (exact) mass is 475 g/mol. The molecule has 2 aromatic heterocycles. The molecule has 8 heteroatoms. The Kier molecular flexibility index (Phi) is 7.33. The number of pyridine rings is 1. The molecule has 0 unspecified atom stereocenters. The van der Waals surface area contributed by atoms with Crippen LogP contribution in [-0.2, 0) is 12.8 Å². The molecule has 1 fully saturated rings. The summed E-state index contributed by atoms with van der Waals surface area (Å²) in [4.78, 5) is 7.02. The van der Waals surface area contributed by atoms with Gasteiger partial charge in [-0.25, -0.2) is 9.37 Å². The van der Waals surface area contributed by atoms with Crippen molar-refractivity contribution in [1.82, 2.24) is 20.1 Å². The predicted molar refractivity (Wildman–Crippen MR) is 128 cm³/mol. The van der Waals surface area contributed by atoms with Crippen LogP contribution < -0.4 is 5.32 Å². The fraction of sp³-hybridized carbons (Fsp3) is 0.417. The lowest BCUT2D eigenvalue weighted by Crippen LogP contribution is -2.42. The summed E-state index contributed by atoms with van der Waals surface area (Å²) in [6, 6.07) is 11.1. The second kappa shape index (κ2) is 10.2. The first kappa shape index (κ1) is 23.0. The molecule has 32 heavy (non-hydrogen) atoms. The summed E-state index contributed by atoms with van der Waals surface area (Å²) in [5.74, 6) is 1.44. The number of likely N-dealkylation sites (tertiary alicyclic amines) is 1. The van der Waals surface area contributed by atoms with E-state index in [4.69, 9.17) is 23.2 Å². The van der Waals surface area contributed by atoms with Crippen molar-refractivity contribution >= 4 is 34.8 Å². The Hall–Kier alpha value is -2.15. The molecule has 2 N–H and O–H groups in total. The van der Waals surface area contributed by atoms with Gasteiger partial charge in [-0.1, -0.05) is 29.3 Å². The molecule has 170 valence electrons. The maximum atomic E-state index is 14.5. The van der Waals surface area contributed by atoms with Gasteiger partial charge in [0.25, 0.3) is 0 Å². The maximum Gasteiger partial charge on any atom is 0.153 e. The molecule has 0 spiro atoms. The van der Waals surface area contributed by atoms with Crippen molar-refractivity contribution in [2.75, 3.05) is 18.4 Å². The molecule has 4 rings (SSSR count). The quantitative estimate of drug-likeness (QED) is 0.427. The number of aromatic amines is 1. The smallest absolute Gasteiger partial charge is 0.153 e. The zero-order chi connectivity index (χ0) is 22.7. The van der Waals surface area contributed by atoms with Gasteiger partial charge in [0.05, 0.1) is 5.69 Å². The van der Waals surface area contributed by atoms with Gasteiger partial charge in [-0.2, -0.15) is 5.10 Å². The lowest BCUT2D eigenvalue weighted by Gasteiger charge is -2.37. The second-order valence-corrected chi connectivity index (χ2v) is 9.50. The van der Waals surface area contributed by atoms with Crippen LogP contribution in [0.15, 0.2) is 36.4 Å². The Morgan fingerprint density at radius 2 is 2.03 bits per heavy atom. The SMILES string of the molecule is Cc1cc(Nc2ccc(F)c(C[C@@H]3CCN(CCc4ccc(Cl)cc4Cl)[C@H](C)C3)n2)n[nH]1. The molecular weight excluding hydrogens is 448 g/mol. The van der Waals surface area contributed by atoms with E-state index in [1.54, 1.807) is 12.1 Å². The summed E-state index contributed by atoms with van der Waals surface area (Å²) in [6.07, 6.45) is 3.57. The number of rotatable bonds is 7. The second-order valence-electron chi connectivity index (χ2n) is 8.65. The molecule has 3 aromatic rings.